The Bertz CT molecular complexity index is 786. The molecule has 2 N–H and O–H groups in total. The first-order valence-corrected chi connectivity index (χ1v) is 7.47. The van der Waals surface area contributed by atoms with Gasteiger partial charge in [0.2, 0.25) is 11.9 Å². The van der Waals surface area contributed by atoms with Gasteiger partial charge in [0.1, 0.15) is 5.82 Å². The van der Waals surface area contributed by atoms with Crippen LogP contribution < -0.4 is 10.9 Å². The topological polar surface area (TPSA) is 92.7 Å². The number of aromatic nitrogens is 4. The van der Waals surface area contributed by atoms with Gasteiger partial charge in [0.25, 0.3) is 5.56 Å². The van der Waals surface area contributed by atoms with Crippen molar-refractivity contribution in [1.29, 1.82) is 0 Å². The van der Waals surface area contributed by atoms with Crippen molar-refractivity contribution in [2.45, 2.75) is 40.0 Å². The maximum absolute atomic E-state index is 12.1. The third kappa shape index (κ3) is 2.66. The summed E-state index contributed by atoms with van der Waals surface area (Å²) in [6, 6.07) is 1.77. The lowest BCUT2D eigenvalue weighted by Gasteiger charge is -2.09. The number of hydrogen-bond acceptors (Lipinski definition) is 4. The smallest absolute Gasteiger partial charge is 0.255 e. The van der Waals surface area contributed by atoms with Crippen LogP contribution in [0.15, 0.2) is 10.9 Å². The van der Waals surface area contributed by atoms with E-state index in [1.165, 1.54) is 4.68 Å². The van der Waals surface area contributed by atoms with Crippen LogP contribution in [0.1, 0.15) is 36.7 Å². The fraction of sp³-hybridized carbons (Fsp3) is 0.467. The Kier molecular flexibility index (Phi) is 3.56. The second kappa shape index (κ2) is 5.40. The molecule has 2 aromatic rings. The van der Waals surface area contributed by atoms with Gasteiger partial charge in [0.05, 0.1) is 5.69 Å². The van der Waals surface area contributed by atoms with Crippen LogP contribution in [0.3, 0.4) is 0 Å². The Labute approximate surface area is 127 Å². The molecule has 0 aromatic carbocycles. The number of nitrogens with one attached hydrogen (secondary N) is 2. The van der Waals surface area contributed by atoms with Crippen molar-refractivity contribution in [1.82, 2.24) is 19.7 Å². The average Bonchev–Trinajstić information content (AvgIpc) is 3.23. The molecule has 7 heteroatoms. The van der Waals surface area contributed by atoms with Gasteiger partial charge in [-0.25, -0.2) is 4.98 Å². The van der Waals surface area contributed by atoms with Gasteiger partial charge in [-0.1, -0.05) is 6.92 Å². The standard InChI is InChI=1S/C15H19N5O2/c1-4-11-9(3)16-15(18-14(11)22)20-12(7-8(2)19-20)17-13(21)10-5-6-10/h7,10H,4-6H2,1-3H3,(H,17,21)(H,16,18,22). The first-order valence-electron chi connectivity index (χ1n) is 7.47. The minimum Gasteiger partial charge on any atom is -0.310 e. The highest BCUT2D eigenvalue weighted by molar-refractivity contribution is 5.93. The van der Waals surface area contributed by atoms with Crippen LogP contribution in [0.2, 0.25) is 0 Å². The molecule has 2 heterocycles. The maximum atomic E-state index is 12.1. The predicted molar refractivity (Wildman–Crippen MR) is 82.2 cm³/mol. The molecule has 0 saturated heterocycles. The van der Waals surface area contributed by atoms with Crippen molar-refractivity contribution in [2.24, 2.45) is 5.92 Å². The highest BCUT2D eigenvalue weighted by Crippen LogP contribution is 2.30. The van der Waals surface area contributed by atoms with E-state index in [1.54, 1.807) is 13.0 Å². The lowest BCUT2D eigenvalue weighted by Crippen LogP contribution is -2.22. The van der Waals surface area contributed by atoms with E-state index in [-0.39, 0.29) is 17.4 Å². The van der Waals surface area contributed by atoms with Crippen LogP contribution in [-0.4, -0.2) is 25.7 Å². The second-order valence-electron chi connectivity index (χ2n) is 5.65. The summed E-state index contributed by atoms with van der Waals surface area (Å²) in [4.78, 5) is 31.2. The van der Waals surface area contributed by atoms with Crippen LogP contribution in [0.25, 0.3) is 5.95 Å². The Morgan fingerprint density at radius 1 is 1.45 bits per heavy atom. The number of aromatic amines is 1. The summed E-state index contributed by atoms with van der Waals surface area (Å²) >= 11 is 0. The molecule has 0 radical (unpaired) electrons. The SMILES string of the molecule is CCc1c(C)nc(-n2nc(C)cc2NC(=O)C2CC2)[nH]c1=O. The zero-order chi connectivity index (χ0) is 15.9. The van der Waals surface area contributed by atoms with E-state index < -0.39 is 0 Å². The summed E-state index contributed by atoms with van der Waals surface area (Å²) in [5.74, 6) is 0.936. The number of nitrogens with zero attached hydrogens (tertiary/aromatic N) is 3. The molecule has 1 fully saturated rings. The third-order valence-electron chi connectivity index (χ3n) is 3.79. The number of aryl methyl sites for hydroxylation is 2. The zero-order valence-corrected chi connectivity index (χ0v) is 12.9. The van der Waals surface area contributed by atoms with Crippen LogP contribution in [0.4, 0.5) is 5.82 Å². The van der Waals surface area contributed by atoms with Crippen LogP contribution in [-0.2, 0) is 11.2 Å². The van der Waals surface area contributed by atoms with E-state index in [4.69, 9.17) is 0 Å². The van der Waals surface area contributed by atoms with E-state index in [9.17, 15) is 9.59 Å². The largest absolute Gasteiger partial charge is 0.310 e. The van der Waals surface area contributed by atoms with Gasteiger partial charge in [0, 0.05) is 23.2 Å². The number of carbonyl (C=O) groups excluding carboxylic acids is 1. The highest BCUT2D eigenvalue weighted by Gasteiger charge is 2.30. The average molecular weight is 301 g/mol. The lowest BCUT2D eigenvalue weighted by atomic mass is 10.2. The maximum Gasteiger partial charge on any atom is 0.255 e. The monoisotopic (exact) mass is 301 g/mol. The minimum atomic E-state index is -0.169. The molecule has 1 amide bonds. The molecule has 0 atom stereocenters. The first kappa shape index (κ1) is 14.5. The molecular formula is C15H19N5O2. The van der Waals surface area contributed by atoms with Gasteiger partial charge in [0.15, 0.2) is 0 Å². The van der Waals surface area contributed by atoms with Crippen molar-refractivity contribution < 1.29 is 4.79 Å². The molecule has 0 spiro atoms. The van der Waals surface area contributed by atoms with Crippen LogP contribution >= 0.6 is 0 Å². The van der Waals surface area contributed by atoms with Crippen molar-refractivity contribution in [3.63, 3.8) is 0 Å². The van der Waals surface area contributed by atoms with Gasteiger partial charge in [-0.2, -0.15) is 9.78 Å². The molecule has 22 heavy (non-hydrogen) atoms. The molecule has 0 unspecified atom stereocenters. The Morgan fingerprint density at radius 2 is 2.18 bits per heavy atom. The minimum absolute atomic E-state index is 0.00889. The predicted octanol–water partition coefficient (Wildman–Crippen LogP) is 1.48. The Hall–Kier alpha value is -2.44. The number of carbonyl (C=O) groups is 1. The molecule has 0 bridgehead atoms. The lowest BCUT2D eigenvalue weighted by molar-refractivity contribution is -0.117. The molecule has 7 nitrogen and oxygen atoms in total. The fourth-order valence-electron chi connectivity index (χ4n) is 2.44. The van der Waals surface area contributed by atoms with Gasteiger partial charge < -0.3 is 5.32 Å². The molecule has 3 rings (SSSR count). The summed E-state index contributed by atoms with van der Waals surface area (Å²) < 4.78 is 1.48. The van der Waals surface area contributed by atoms with E-state index >= 15 is 0 Å². The van der Waals surface area contributed by atoms with E-state index in [0.29, 0.717) is 29.4 Å². The van der Waals surface area contributed by atoms with E-state index in [2.05, 4.69) is 20.4 Å². The number of anilines is 1. The normalized spacial score (nSPS) is 14.1. The first-order chi connectivity index (χ1) is 10.5. The summed E-state index contributed by atoms with van der Waals surface area (Å²) in [5.41, 5.74) is 1.91. The molecule has 1 saturated carbocycles. The van der Waals surface area contributed by atoms with Crippen molar-refractivity contribution in [2.75, 3.05) is 5.32 Å². The van der Waals surface area contributed by atoms with Gasteiger partial charge in [-0.3, -0.25) is 14.6 Å². The molecule has 1 aliphatic rings. The number of hydrogen-bond donors (Lipinski definition) is 2. The highest BCUT2D eigenvalue weighted by atomic mass is 16.2. The number of H-pyrrole nitrogens is 1. The Morgan fingerprint density at radius 3 is 2.77 bits per heavy atom. The van der Waals surface area contributed by atoms with Gasteiger partial charge >= 0.3 is 0 Å². The van der Waals surface area contributed by atoms with Crippen molar-refractivity contribution in [3.8, 4) is 5.95 Å². The molecule has 116 valence electrons. The van der Waals surface area contributed by atoms with E-state index in [1.807, 2.05) is 13.8 Å². The van der Waals surface area contributed by atoms with E-state index in [0.717, 1.165) is 18.5 Å². The second-order valence-corrected chi connectivity index (χ2v) is 5.65. The summed E-state index contributed by atoms with van der Waals surface area (Å²) in [5, 5.41) is 7.18. The van der Waals surface area contributed by atoms with Crippen LogP contribution in [0.5, 0.6) is 0 Å². The van der Waals surface area contributed by atoms with Crippen LogP contribution in [0, 0.1) is 19.8 Å². The zero-order valence-electron chi connectivity index (χ0n) is 12.9. The quantitative estimate of drug-likeness (QED) is 0.894. The van der Waals surface area contributed by atoms with Crippen molar-refractivity contribution in [3.05, 3.63) is 33.4 Å². The van der Waals surface area contributed by atoms with Gasteiger partial charge in [-0.05, 0) is 33.1 Å². The molecule has 0 aliphatic heterocycles. The van der Waals surface area contributed by atoms with Crippen molar-refractivity contribution >= 4 is 11.7 Å². The van der Waals surface area contributed by atoms with Gasteiger partial charge in [-0.15, -0.1) is 0 Å². The number of amides is 1. The molecular weight excluding hydrogens is 282 g/mol. The summed E-state index contributed by atoms with van der Waals surface area (Å²) in [6.07, 6.45) is 2.48. The molecule has 1 aliphatic carbocycles. The Balaban J connectivity index is 2.01. The summed E-state index contributed by atoms with van der Waals surface area (Å²) in [6.45, 7) is 5.54. The fourth-order valence-corrected chi connectivity index (χ4v) is 2.44. The summed E-state index contributed by atoms with van der Waals surface area (Å²) in [7, 11) is 0. The molecule has 2 aromatic heterocycles. The third-order valence-corrected chi connectivity index (χ3v) is 3.79. The number of rotatable bonds is 4.